The Balaban J connectivity index is 0.00000385. The van der Waals surface area contributed by atoms with Crippen LogP contribution in [0.5, 0.6) is 11.5 Å². The van der Waals surface area contributed by atoms with Crippen molar-refractivity contribution in [3.8, 4) is 11.5 Å². The molecule has 0 aliphatic carbocycles. The van der Waals surface area contributed by atoms with Gasteiger partial charge in [0.05, 0.1) is 19.8 Å². The van der Waals surface area contributed by atoms with Crippen molar-refractivity contribution in [3.63, 3.8) is 0 Å². The van der Waals surface area contributed by atoms with Gasteiger partial charge in [0, 0.05) is 43.4 Å². The average molecular weight is 567 g/mol. The molecule has 0 fully saturated rings. The van der Waals surface area contributed by atoms with Crippen LogP contribution >= 0.6 is 24.0 Å². The Kier molecular flexibility index (Phi) is 11.2. The molecule has 0 radical (unpaired) electrons. The molecule has 1 heterocycles. The van der Waals surface area contributed by atoms with Crippen molar-refractivity contribution in [2.45, 2.75) is 19.9 Å². The Morgan fingerprint density at radius 2 is 1.85 bits per heavy atom. The van der Waals surface area contributed by atoms with Gasteiger partial charge in [0.15, 0.2) is 17.5 Å². The average Bonchev–Trinajstić information content (AvgIpc) is 3.02. The lowest BCUT2D eigenvalue weighted by Gasteiger charge is -2.14. The predicted molar refractivity (Wildman–Crippen MR) is 143 cm³/mol. The number of fused-ring (bicyclic) bond motifs is 1. The minimum Gasteiger partial charge on any atom is -0.490 e. The third kappa shape index (κ3) is 8.73. The highest BCUT2D eigenvalue weighted by atomic mass is 127. The summed E-state index contributed by atoms with van der Waals surface area (Å²) >= 11 is 0. The maximum atomic E-state index is 12.4. The molecule has 8 nitrogen and oxygen atoms in total. The van der Waals surface area contributed by atoms with Crippen LogP contribution in [0.25, 0.3) is 0 Å². The van der Waals surface area contributed by atoms with E-state index in [1.165, 1.54) is 0 Å². The summed E-state index contributed by atoms with van der Waals surface area (Å²) in [4.78, 5) is 19.1. The third-order valence-corrected chi connectivity index (χ3v) is 4.81. The lowest BCUT2D eigenvalue weighted by atomic mass is 10.1. The third-order valence-electron chi connectivity index (χ3n) is 4.81. The summed E-state index contributed by atoms with van der Waals surface area (Å²) in [5.41, 5.74) is 2.46. The molecular weight excluding hydrogens is 533 g/mol. The van der Waals surface area contributed by atoms with Gasteiger partial charge in [-0.2, -0.15) is 0 Å². The molecule has 0 spiro atoms. The maximum absolute atomic E-state index is 12.4. The number of anilines is 1. The van der Waals surface area contributed by atoms with Gasteiger partial charge >= 0.3 is 0 Å². The van der Waals surface area contributed by atoms with Crippen LogP contribution in [-0.4, -0.2) is 63.7 Å². The normalized spacial score (nSPS) is 13.0. The first-order valence-corrected chi connectivity index (χ1v) is 11.0. The molecule has 3 N–H and O–H groups in total. The maximum Gasteiger partial charge on any atom is 0.251 e. The molecule has 0 atom stereocenters. The van der Waals surface area contributed by atoms with E-state index in [1.54, 1.807) is 0 Å². The van der Waals surface area contributed by atoms with Crippen LogP contribution in [-0.2, 0) is 6.54 Å². The van der Waals surface area contributed by atoms with Crippen molar-refractivity contribution < 1.29 is 14.3 Å². The van der Waals surface area contributed by atoms with Gasteiger partial charge in [-0.25, -0.2) is 4.99 Å². The molecule has 0 unspecified atom stereocenters. The quantitative estimate of drug-likeness (QED) is 0.258. The first-order chi connectivity index (χ1) is 15.5. The summed E-state index contributed by atoms with van der Waals surface area (Å²) in [6.07, 6.45) is 0.869. The van der Waals surface area contributed by atoms with E-state index in [0.29, 0.717) is 37.8 Å². The molecule has 2 aromatic carbocycles. The Labute approximate surface area is 213 Å². The summed E-state index contributed by atoms with van der Waals surface area (Å²) in [5.74, 6) is 2.07. The first kappa shape index (κ1) is 26.7. The number of hydrogen-bond donors (Lipinski definition) is 3. The van der Waals surface area contributed by atoms with Crippen LogP contribution < -0.4 is 25.4 Å². The van der Waals surface area contributed by atoms with Gasteiger partial charge in [-0.1, -0.05) is 12.1 Å². The zero-order valence-electron chi connectivity index (χ0n) is 19.5. The minimum atomic E-state index is -0.0742. The Morgan fingerprint density at radius 1 is 1.06 bits per heavy atom. The number of carbonyl (C=O) groups excluding carboxylic acids is 1. The second-order valence-corrected chi connectivity index (χ2v) is 7.79. The number of carbonyl (C=O) groups is 1. The molecule has 9 heteroatoms. The lowest BCUT2D eigenvalue weighted by Crippen LogP contribution is -2.31. The number of nitrogens with zero attached hydrogens (tertiary/aromatic N) is 2. The minimum absolute atomic E-state index is 0. The van der Waals surface area contributed by atoms with Crippen LogP contribution in [0.4, 0.5) is 5.69 Å². The van der Waals surface area contributed by atoms with E-state index in [-0.39, 0.29) is 29.9 Å². The van der Waals surface area contributed by atoms with E-state index in [4.69, 9.17) is 9.47 Å². The molecule has 1 amide bonds. The standard InChI is InChI=1S/C24H33N5O3.HI/c1-4-25-24(28-20-9-10-21-22(16-20)32-14-6-13-31-21)27-17-18-7-5-8-19(15-18)23(30)26-11-12-29(2)3;/h5,7-10,15-16H,4,6,11-14,17H2,1-3H3,(H,26,30)(H2,25,27,28);1H. The van der Waals surface area contributed by atoms with Gasteiger partial charge in [-0.3, -0.25) is 4.79 Å². The van der Waals surface area contributed by atoms with Crippen molar-refractivity contribution in [1.82, 2.24) is 15.5 Å². The fourth-order valence-electron chi connectivity index (χ4n) is 3.16. The van der Waals surface area contributed by atoms with E-state index < -0.39 is 0 Å². The zero-order valence-corrected chi connectivity index (χ0v) is 21.8. The number of likely N-dealkylation sites (N-methyl/N-ethyl adjacent to an activating group) is 1. The summed E-state index contributed by atoms with van der Waals surface area (Å²) in [7, 11) is 3.96. The number of ether oxygens (including phenoxy) is 2. The second-order valence-electron chi connectivity index (χ2n) is 7.79. The molecule has 180 valence electrons. The topological polar surface area (TPSA) is 87.2 Å². The van der Waals surface area contributed by atoms with Gasteiger partial charge in [-0.05, 0) is 50.8 Å². The highest BCUT2D eigenvalue weighted by molar-refractivity contribution is 14.0. The molecule has 33 heavy (non-hydrogen) atoms. The molecular formula is C24H34IN5O3. The van der Waals surface area contributed by atoms with E-state index in [2.05, 4.69) is 20.9 Å². The van der Waals surface area contributed by atoms with Crippen molar-refractivity contribution >= 4 is 41.5 Å². The summed E-state index contributed by atoms with van der Waals surface area (Å²) in [6.45, 7) is 5.90. The van der Waals surface area contributed by atoms with E-state index in [9.17, 15) is 4.79 Å². The molecule has 1 aliphatic rings. The van der Waals surface area contributed by atoms with Crippen molar-refractivity contribution in [2.24, 2.45) is 4.99 Å². The van der Waals surface area contributed by atoms with Gasteiger partial charge in [-0.15, -0.1) is 24.0 Å². The monoisotopic (exact) mass is 567 g/mol. The van der Waals surface area contributed by atoms with E-state index in [0.717, 1.165) is 42.3 Å². The van der Waals surface area contributed by atoms with Gasteiger partial charge in [0.2, 0.25) is 0 Å². The predicted octanol–water partition coefficient (Wildman–Crippen LogP) is 3.33. The SMILES string of the molecule is CCNC(=NCc1cccc(C(=O)NCCN(C)C)c1)Nc1ccc2c(c1)OCCCO2.I. The molecule has 0 saturated heterocycles. The molecule has 0 saturated carbocycles. The van der Waals surface area contributed by atoms with E-state index >= 15 is 0 Å². The highest BCUT2D eigenvalue weighted by Gasteiger charge is 2.11. The smallest absolute Gasteiger partial charge is 0.251 e. The van der Waals surface area contributed by atoms with Gasteiger partial charge in [0.1, 0.15) is 0 Å². The number of guanidine groups is 1. The lowest BCUT2D eigenvalue weighted by molar-refractivity contribution is 0.0951. The van der Waals surface area contributed by atoms with Gasteiger partial charge in [0.25, 0.3) is 5.91 Å². The van der Waals surface area contributed by atoms with Crippen molar-refractivity contribution in [1.29, 1.82) is 0 Å². The molecule has 3 rings (SSSR count). The number of aliphatic imine (C=N–C) groups is 1. The van der Waals surface area contributed by atoms with Gasteiger partial charge < -0.3 is 30.3 Å². The summed E-state index contributed by atoms with van der Waals surface area (Å²) < 4.78 is 11.5. The van der Waals surface area contributed by atoms with Crippen molar-refractivity contribution in [2.75, 3.05) is 52.3 Å². The second kappa shape index (κ2) is 13.9. The number of nitrogens with one attached hydrogen (secondary N) is 3. The van der Waals surface area contributed by atoms with E-state index in [1.807, 2.05) is 68.4 Å². The highest BCUT2D eigenvalue weighted by Crippen LogP contribution is 2.32. The summed E-state index contributed by atoms with van der Waals surface area (Å²) in [5, 5.41) is 9.51. The molecule has 1 aliphatic heterocycles. The Hall–Kier alpha value is -2.53. The number of hydrogen-bond acceptors (Lipinski definition) is 5. The molecule has 2 aromatic rings. The largest absolute Gasteiger partial charge is 0.490 e. The van der Waals surface area contributed by atoms with Crippen LogP contribution in [0.3, 0.4) is 0 Å². The summed E-state index contributed by atoms with van der Waals surface area (Å²) in [6, 6.07) is 13.3. The van der Waals surface area contributed by atoms with Crippen LogP contribution in [0.1, 0.15) is 29.3 Å². The first-order valence-electron chi connectivity index (χ1n) is 11.0. The Morgan fingerprint density at radius 3 is 2.61 bits per heavy atom. The molecule has 0 bridgehead atoms. The number of amides is 1. The van der Waals surface area contributed by atoms with Crippen molar-refractivity contribution in [3.05, 3.63) is 53.6 Å². The fraction of sp³-hybridized carbons (Fsp3) is 0.417. The van der Waals surface area contributed by atoms with Crippen LogP contribution in [0, 0.1) is 0 Å². The number of rotatable bonds is 8. The van der Waals surface area contributed by atoms with Crippen LogP contribution in [0.15, 0.2) is 47.5 Å². The number of halogens is 1. The number of benzene rings is 2. The molecule has 0 aromatic heterocycles. The Bertz CT molecular complexity index is 936. The van der Waals surface area contributed by atoms with Crippen LogP contribution in [0.2, 0.25) is 0 Å². The zero-order chi connectivity index (χ0) is 22.8. The fourth-order valence-corrected chi connectivity index (χ4v) is 3.16.